The second kappa shape index (κ2) is 5.04. The average Bonchev–Trinajstić information content (AvgIpc) is 2.75. The van der Waals surface area contributed by atoms with Gasteiger partial charge in [0, 0.05) is 19.6 Å². The van der Waals surface area contributed by atoms with Crippen LogP contribution in [0, 0.1) is 5.82 Å². The zero-order valence-electron chi connectivity index (χ0n) is 10.1. The molecule has 19 heavy (non-hydrogen) atoms. The number of nitrogens with one attached hydrogen (secondary N) is 1. The molecule has 1 aliphatic rings. The lowest BCUT2D eigenvalue weighted by Crippen LogP contribution is -2.32. The third kappa shape index (κ3) is 2.95. The number of carbonyl (C=O) groups is 1. The number of sulfone groups is 1. The van der Waals surface area contributed by atoms with E-state index in [1.54, 1.807) is 0 Å². The van der Waals surface area contributed by atoms with E-state index in [0.717, 1.165) is 12.1 Å². The number of nitrogen functional groups attached to an aromatic ring is 1. The Balaban J connectivity index is 2.14. The Bertz CT molecular complexity index is 603. The predicted octanol–water partition coefficient (Wildman–Crippen LogP) is 0.207. The molecule has 3 N–H and O–H groups in total. The predicted molar refractivity (Wildman–Crippen MR) is 67.8 cm³/mol. The maximum Gasteiger partial charge on any atom is 0.317 e. The standard InChI is InChI=1S/C11H14FN3O3S/c12-8-1-2-9(13)10(7-8)19(17,18)6-5-15-4-3-14-11(15)16/h1-2,7H,3-6,13H2,(H,14,16). The molecular weight excluding hydrogens is 273 g/mol. The third-order valence-corrected chi connectivity index (χ3v) is 4.63. The fourth-order valence-corrected chi connectivity index (χ4v) is 3.24. The van der Waals surface area contributed by atoms with E-state index in [9.17, 15) is 17.6 Å². The van der Waals surface area contributed by atoms with Gasteiger partial charge in [-0.15, -0.1) is 0 Å². The van der Waals surface area contributed by atoms with Gasteiger partial charge in [-0.1, -0.05) is 0 Å². The van der Waals surface area contributed by atoms with Crippen molar-refractivity contribution >= 4 is 21.6 Å². The summed E-state index contributed by atoms with van der Waals surface area (Å²) in [4.78, 5) is 12.5. The molecule has 0 radical (unpaired) electrons. The normalized spacial score (nSPS) is 15.6. The highest BCUT2D eigenvalue weighted by molar-refractivity contribution is 7.91. The number of hydrogen-bond donors (Lipinski definition) is 2. The van der Waals surface area contributed by atoms with Gasteiger partial charge in [-0.2, -0.15) is 0 Å². The van der Waals surface area contributed by atoms with Gasteiger partial charge in [0.05, 0.1) is 16.3 Å². The van der Waals surface area contributed by atoms with Crippen LogP contribution in [-0.2, 0) is 9.84 Å². The van der Waals surface area contributed by atoms with Gasteiger partial charge in [0.2, 0.25) is 0 Å². The highest BCUT2D eigenvalue weighted by Gasteiger charge is 2.24. The number of urea groups is 1. The second-order valence-electron chi connectivity index (χ2n) is 4.22. The number of hydrogen-bond acceptors (Lipinski definition) is 4. The van der Waals surface area contributed by atoms with Gasteiger partial charge < -0.3 is 16.0 Å². The summed E-state index contributed by atoms with van der Waals surface area (Å²) in [7, 11) is -3.71. The average molecular weight is 287 g/mol. The first-order chi connectivity index (χ1) is 8.90. The zero-order chi connectivity index (χ0) is 14.0. The Hall–Kier alpha value is -1.83. The van der Waals surface area contributed by atoms with Crippen LogP contribution >= 0.6 is 0 Å². The molecule has 0 unspecified atom stereocenters. The lowest BCUT2D eigenvalue weighted by molar-refractivity contribution is 0.220. The van der Waals surface area contributed by atoms with E-state index in [1.165, 1.54) is 11.0 Å². The van der Waals surface area contributed by atoms with Crippen molar-refractivity contribution in [3.8, 4) is 0 Å². The van der Waals surface area contributed by atoms with Gasteiger partial charge in [-0.3, -0.25) is 0 Å². The highest BCUT2D eigenvalue weighted by Crippen LogP contribution is 2.20. The summed E-state index contributed by atoms with van der Waals surface area (Å²) in [5, 5.41) is 2.57. The van der Waals surface area contributed by atoms with Crippen molar-refractivity contribution in [2.24, 2.45) is 0 Å². The van der Waals surface area contributed by atoms with E-state index < -0.39 is 15.7 Å². The van der Waals surface area contributed by atoms with Crippen LogP contribution in [0.25, 0.3) is 0 Å². The summed E-state index contributed by atoms with van der Waals surface area (Å²) < 4.78 is 37.2. The summed E-state index contributed by atoms with van der Waals surface area (Å²) in [5.41, 5.74) is 5.55. The quantitative estimate of drug-likeness (QED) is 0.774. The third-order valence-electron chi connectivity index (χ3n) is 2.89. The van der Waals surface area contributed by atoms with Crippen molar-refractivity contribution < 1.29 is 17.6 Å². The van der Waals surface area contributed by atoms with Crippen molar-refractivity contribution in [1.82, 2.24) is 10.2 Å². The van der Waals surface area contributed by atoms with Gasteiger partial charge in [0.25, 0.3) is 0 Å². The molecule has 6 nitrogen and oxygen atoms in total. The first-order valence-electron chi connectivity index (χ1n) is 5.71. The maximum atomic E-state index is 13.1. The molecule has 0 bridgehead atoms. The summed E-state index contributed by atoms with van der Waals surface area (Å²) in [6, 6.07) is 2.92. The molecule has 1 saturated heterocycles. The monoisotopic (exact) mass is 287 g/mol. The molecule has 1 fully saturated rings. The number of benzene rings is 1. The Kier molecular flexibility index (Phi) is 3.61. The molecule has 1 aromatic carbocycles. The van der Waals surface area contributed by atoms with Crippen LogP contribution in [0.15, 0.2) is 23.1 Å². The number of amides is 2. The number of anilines is 1. The molecule has 1 aromatic rings. The molecule has 0 aliphatic carbocycles. The Morgan fingerprint density at radius 2 is 2.16 bits per heavy atom. The van der Waals surface area contributed by atoms with Crippen LogP contribution in [0.4, 0.5) is 14.9 Å². The minimum Gasteiger partial charge on any atom is -0.398 e. The van der Waals surface area contributed by atoms with Gasteiger partial charge in [-0.05, 0) is 18.2 Å². The minimum absolute atomic E-state index is 0.00673. The lowest BCUT2D eigenvalue weighted by atomic mass is 10.3. The molecule has 0 spiro atoms. The summed E-state index contributed by atoms with van der Waals surface area (Å²) in [6.07, 6.45) is 0. The lowest BCUT2D eigenvalue weighted by Gasteiger charge is -2.14. The van der Waals surface area contributed by atoms with E-state index in [2.05, 4.69) is 5.32 Å². The molecule has 2 rings (SSSR count). The van der Waals surface area contributed by atoms with Crippen LogP contribution in [0.5, 0.6) is 0 Å². The fourth-order valence-electron chi connectivity index (χ4n) is 1.84. The molecule has 2 amide bonds. The van der Waals surface area contributed by atoms with Crippen LogP contribution in [0.1, 0.15) is 0 Å². The van der Waals surface area contributed by atoms with Crippen molar-refractivity contribution in [2.75, 3.05) is 31.1 Å². The van der Waals surface area contributed by atoms with Crippen molar-refractivity contribution in [3.05, 3.63) is 24.0 Å². The highest BCUT2D eigenvalue weighted by atomic mass is 32.2. The number of carbonyl (C=O) groups excluding carboxylic acids is 1. The molecule has 104 valence electrons. The van der Waals surface area contributed by atoms with E-state index in [-0.39, 0.29) is 28.9 Å². The molecular formula is C11H14FN3O3S. The second-order valence-corrected chi connectivity index (χ2v) is 6.30. The molecule has 8 heteroatoms. The summed E-state index contributed by atoms with van der Waals surface area (Å²) >= 11 is 0. The fraction of sp³-hybridized carbons (Fsp3) is 0.364. The molecule has 0 atom stereocenters. The van der Waals surface area contributed by atoms with E-state index in [4.69, 9.17) is 5.73 Å². The van der Waals surface area contributed by atoms with E-state index >= 15 is 0 Å². The largest absolute Gasteiger partial charge is 0.398 e. The van der Waals surface area contributed by atoms with Crippen LogP contribution < -0.4 is 11.1 Å². The maximum absolute atomic E-state index is 13.1. The Morgan fingerprint density at radius 3 is 2.79 bits per heavy atom. The first-order valence-corrected chi connectivity index (χ1v) is 7.36. The van der Waals surface area contributed by atoms with Crippen LogP contribution in [0.2, 0.25) is 0 Å². The van der Waals surface area contributed by atoms with Crippen molar-refractivity contribution in [1.29, 1.82) is 0 Å². The van der Waals surface area contributed by atoms with E-state index in [1.807, 2.05) is 0 Å². The van der Waals surface area contributed by atoms with E-state index in [0.29, 0.717) is 13.1 Å². The van der Waals surface area contributed by atoms with Crippen molar-refractivity contribution in [2.45, 2.75) is 4.90 Å². The van der Waals surface area contributed by atoms with Gasteiger partial charge in [0.1, 0.15) is 5.82 Å². The minimum atomic E-state index is -3.71. The van der Waals surface area contributed by atoms with Gasteiger partial charge in [-0.25, -0.2) is 17.6 Å². The van der Waals surface area contributed by atoms with Crippen molar-refractivity contribution in [3.63, 3.8) is 0 Å². The Labute approximate surface area is 110 Å². The van der Waals surface area contributed by atoms with Crippen LogP contribution in [-0.4, -0.2) is 44.7 Å². The topological polar surface area (TPSA) is 92.5 Å². The molecule has 0 aromatic heterocycles. The SMILES string of the molecule is Nc1ccc(F)cc1S(=O)(=O)CCN1CCNC1=O. The number of rotatable bonds is 4. The number of nitrogens with zero attached hydrogens (tertiary/aromatic N) is 1. The summed E-state index contributed by atoms with van der Waals surface area (Å²) in [6.45, 7) is 1.03. The molecule has 0 saturated carbocycles. The zero-order valence-corrected chi connectivity index (χ0v) is 10.9. The van der Waals surface area contributed by atoms with Gasteiger partial charge >= 0.3 is 6.03 Å². The first kappa shape index (κ1) is 13.6. The summed E-state index contributed by atoms with van der Waals surface area (Å²) in [5.74, 6) is -0.944. The molecule has 1 aliphatic heterocycles. The molecule has 1 heterocycles. The van der Waals surface area contributed by atoms with Gasteiger partial charge in [0.15, 0.2) is 9.84 Å². The van der Waals surface area contributed by atoms with Crippen LogP contribution in [0.3, 0.4) is 0 Å². The number of halogens is 1. The smallest absolute Gasteiger partial charge is 0.317 e. The Morgan fingerprint density at radius 1 is 1.42 bits per heavy atom. The number of nitrogens with two attached hydrogens (primary N) is 1.